The zero-order valence-corrected chi connectivity index (χ0v) is 17.7. The van der Waals surface area contributed by atoms with Crippen LogP contribution in [0.2, 0.25) is 0 Å². The van der Waals surface area contributed by atoms with Crippen LogP contribution in [0.25, 0.3) is 0 Å². The van der Waals surface area contributed by atoms with E-state index in [1.54, 1.807) is 0 Å². The summed E-state index contributed by atoms with van der Waals surface area (Å²) >= 11 is 5.74. The highest BCUT2D eigenvalue weighted by Gasteiger charge is 2.40. The third kappa shape index (κ3) is 4.27. The number of para-hydroxylation sites is 1. The second-order valence-electron chi connectivity index (χ2n) is 7.50. The first-order valence-electron chi connectivity index (χ1n) is 10.1. The topological polar surface area (TPSA) is 56.0 Å². The van der Waals surface area contributed by atoms with Crippen LogP contribution in [0.4, 0.5) is 5.69 Å². The van der Waals surface area contributed by atoms with Gasteiger partial charge in [0.25, 0.3) is 0 Å². The van der Waals surface area contributed by atoms with E-state index < -0.39 is 0 Å². The number of hydrogen-bond donors (Lipinski definition) is 3. The zero-order valence-electron chi connectivity index (χ0n) is 16.9. The molecule has 0 aliphatic carbocycles. The van der Waals surface area contributed by atoms with Gasteiger partial charge >= 0.3 is 0 Å². The van der Waals surface area contributed by atoms with E-state index in [2.05, 4.69) is 63.6 Å². The molecule has 2 unspecified atom stereocenters. The number of rotatable bonds is 7. The Morgan fingerprint density at radius 3 is 2.59 bits per heavy atom. The van der Waals surface area contributed by atoms with Crippen LogP contribution in [-0.4, -0.2) is 33.1 Å². The first-order chi connectivity index (χ1) is 14.1. The second-order valence-corrected chi connectivity index (χ2v) is 7.89. The third-order valence-electron chi connectivity index (χ3n) is 5.38. The molecule has 150 valence electrons. The average molecular weight is 406 g/mol. The summed E-state index contributed by atoms with van der Waals surface area (Å²) in [6.07, 6.45) is 2.84. The van der Waals surface area contributed by atoms with E-state index in [9.17, 15) is 0 Å². The van der Waals surface area contributed by atoms with Gasteiger partial charge in [-0.25, -0.2) is 0 Å². The molecular formula is C23H27N5S. The summed E-state index contributed by atoms with van der Waals surface area (Å²) in [4.78, 5) is 10.4. The fourth-order valence-corrected chi connectivity index (χ4v) is 4.41. The Kier molecular flexibility index (Phi) is 5.81. The molecule has 3 heterocycles. The van der Waals surface area contributed by atoms with Gasteiger partial charge in [-0.15, -0.1) is 0 Å². The number of anilines is 1. The van der Waals surface area contributed by atoms with Gasteiger partial charge in [-0.05, 0) is 68.4 Å². The summed E-state index contributed by atoms with van der Waals surface area (Å²) in [7, 11) is 0. The molecule has 0 amide bonds. The fraction of sp³-hybridized carbons (Fsp3) is 0.304. The van der Waals surface area contributed by atoms with Crippen LogP contribution in [0.15, 0.2) is 60.8 Å². The minimum Gasteiger partial charge on any atom is -0.385 e. The highest BCUT2D eigenvalue weighted by atomic mass is 32.1. The molecular weight excluding hydrogens is 378 g/mol. The van der Waals surface area contributed by atoms with Gasteiger partial charge < -0.3 is 20.5 Å². The number of thiocarbonyl (C=S) groups is 1. The predicted octanol–water partition coefficient (Wildman–Crippen LogP) is 4.50. The zero-order chi connectivity index (χ0) is 20.2. The molecule has 0 spiro atoms. The molecule has 1 aliphatic rings. The Balaban J connectivity index is 1.52. The standard InChI is InChI=1S/C23H27N5S/c1-16-15-19(17(2)26-16)22-21(20-11-6-7-12-25-20)27-23(29)28(22)14-8-13-24-18-9-4-3-5-10-18/h3-7,9-12,15,21-22,24,26H,8,13-14H2,1-2H3,(H,27,29). The number of benzene rings is 1. The second kappa shape index (κ2) is 8.66. The fourth-order valence-electron chi connectivity index (χ4n) is 4.08. The predicted molar refractivity (Wildman–Crippen MR) is 122 cm³/mol. The summed E-state index contributed by atoms with van der Waals surface area (Å²) in [5.74, 6) is 0. The lowest BCUT2D eigenvalue weighted by atomic mass is 9.96. The van der Waals surface area contributed by atoms with Gasteiger partial charge in [0.1, 0.15) is 0 Å². The van der Waals surface area contributed by atoms with E-state index >= 15 is 0 Å². The molecule has 2 atom stereocenters. The van der Waals surface area contributed by atoms with Crippen molar-refractivity contribution in [1.29, 1.82) is 0 Å². The van der Waals surface area contributed by atoms with E-state index in [-0.39, 0.29) is 12.1 Å². The van der Waals surface area contributed by atoms with E-state index in [1.165, 1.54) is 17.0 Å². The van der Waals surface area contributed by atoms with Crippen molar-refractivity contribution < 1.29 is 0 Å². The van der Waals surface area contributed by atoms with Crippen molar-refractivity contribution in [3.63, 3.8) is 0 Å². The molecule has 2 aromatic heterocycles. The highest BCUT2D eigenvalue weighted by Crippen LogP contribution is 2.40. The molecule has 5 nitrogen and oxygen atoms in total. The number of aryl methyl sites for hydroxylation is 2. The van der Waals surface area contributed by atoms with Crippen LogP contribution in [0.5, 0.6) is 0 Å². The first-order valence-corrected chi connectivity index (χ1v) is 10.5. The van der Waals surface area contributed by atoms with Crippen LogP contribution < -0.4 is 10.6 Å². The molecule has 6 heteroatoms. The number of aromatic nitrogens is 2. The van der Waals surface area contributed by atoms with Gasteiger partial charge in [0.2, 0.25) is 0 Å². The number of nitrogens with zero attached hydrogens (tertiary/aromatic N) is 2. The van der Waals surface area contributed by atoms with E-state index in [4.69, 9.17) is 12.2 Å². The highest BCUT2D eigenvalue weighted by molar-refractivity contribution is 7.80. The van der Waals surface area contributed by atoms with Crippen molar-refractivity contribution >= 4 is 23.0 Å². The largest absolute Gasteiger partial charge is 0.385 e. The van der Waals surface area contributed by atoms with Crippen molar-refractivity contribution in [1.82, 2.24) is 20.2 Å². The molecule has 29 heavy (non-hydrogen) atoms. The number of aromatic amines is 1. The normalized spacial score (nSPS) is 18.7. The van der Waals surface area contributed by atoms with Crippen molar-refractivity contribution in [2.45, 2.75) is 32.4 Å². The molecule has 3 N–H and O–H groups in total. The summed E-state index contributed by atoms with van der Waals surface area (Å²) in [6, 6.07) is 18.8. The van der Waals surface area contributed by atoms with Gasteiger partial charge in [0.15, 0.2) is 5.11 Å². The van der Waals surface area contributed by atoms with Gasteiger partial charge in [-0.3, -0.25) is 4.98 Å². The SMILES string of the molecule is Cc1cc(C2C(c3ccccn3)NC(=S)N2CCCNc2ccccc2)c(C)[nH]1. The Labute approximate surface area is 177 Å². The molecule has 0 radical (unpaired) electrons. The van der Waals surface area contributed by atoms with Crippen LogP contribution >= 0.6 is 12.2 Å². The first kappa shape index (κ1) is 19.5. The molecule has 1 saturated heterocycles. The monoisotopic (exact) mass is 405 g/mol. The lowest BCUT2D eigenvalue weighted by Gasteiger charge is -2.28. The molecule has 4 rings (SSSR count). The van der Waals surface area contributed by atoms with Crippen molar-refractivity contribution in [2.24, 2.45) is 0 Å². The maximum atomic E-state index is 5.74. The molecule has 1 aliphatic heterocycles. The van der Waals surface area contributed by atoms with Crippen molar-refractivity contribution in [3.05, 3.63) is 83.4 Å². The number of pyridine rings is 1. The molecule has 1 aromatic carbocycles. The number of nitrogens with one attached hydrogen (secondary N) is 3. The summed E-state index contributed by atoms with van der Waals surface area (Å²) in [6.45, 7) is 6.01. The number of H-pyrrole nitrogens is 1. The maximum absolute atomic E-state index is 5.74. The lowest BCUT2D eigenvalue weighted by Crippen LogP contribution is -2.31. The van der Waals surface area contributed by atoms with Crippen LogP contribution in [-0.2, 0) is 0 Å². The Morgan fingerprint density at radius 2 is 1.90 bits per heavy atom. The average Bonchev–Trinajstić information content (AvgIpc) is 3.24. The smallest absolute Gasteiger partial charge is 0.170 e. The third-order valence-corrected chi connectivity index (χ3v) is 5.74. The van der Waals surface area contributed by atoms with E-state index in [1.807, 2.05) is 36.5 Å². The van der Waals surface area contributed by atoms with Crippen molar-refractivity contribution in [2.75, 3.05) is 18.4 Å². The molecule has 0 bridgehead atoms. The van der Waals surface area contributed by atoms with Crippen LogP contribution in [0.1, 0.15) is 41.1 Å². The minimum atomic E-state index is 0.0414. The van der Waals surface area contributed by atoms with Crippen LogP contribution in [0.3, 0.4) is 0 Å². The van der Waals surface area contributed by atoms with Gasteiger partial charge in [0, 0.05) is 36.4 Å². The Bertz CT molecular complexity index is 954. The maximum Gasteiger partial charge on any atom is 0.170 e. The number of hydrogen-bond acceptors (Lipinski definition) is 3. The van der Waals surface area contributed by atoms with Gasteiger partial charge in [-0.2, -0.15) is 0 Å². The van der Waals surface area contributed by atoms with Crippen molar-refractivity contribution in [3.8, 4) is 0 Å². The molecule has 0 saturated carbocycles. The Hall–Kier alpha value is -2.86. The lowest BCUT2D eigenvalue weighted by molar-refractivity contribution is 0.315. The minimum absolute atomic E-state index is 0.0414. The van der Waals surface area contributed by atoms with Gasteiger partial charge in [-0.1, -0.05) is 24.3 Å². The summed E-state index contributed by atoms with van der Waals surface area (Å²) in [5.41, 5.74) is 5.80. The molecule has 1 fully saturated rings. The summed E-state index contributed by atoms with van der Waals surface area (Å²) in [5, 5.41) is 7.81. The summed E-state index contributed by atoms with van der Waals surface area (Å²) < 4.78 is 0. The molecule has 3 aromatic rings. The van der Waals surface area contributed by atoms with E-state index in [0.29, 0.717) is 0 Å². The van der Waals surface area contributed by atoms with Crippen LogP contribution in [0, 0.1) is 13.8 Å². The Morgan fingerprint density at radius 1 is 1.10 bits per heavy atom. The van der Waals surface area contributed by atoms with E-state index in [0.717, 1.165) is 36.0 Å². The quantitative estimate of drug-likeness (QED) is 0.399. The van der Waals surface area contributed by atoms with Gasteiger partial charge in [0.05, 0.1) is 17.8 Å².